The molecule has 0 bridgehead atoms. The summed E-state index contributed by atoms with van der Waals surface area (Å²) in [6.45, 7) is -2.96. The minimum absolute atomic E-state index is 0.0290. The predicted octanol–water partition coefficient (Wildman–Crippen LogP) is 4.36. The molecule has 0 aliphatic rings. The molecule has 0 unspecified atom stereocenters. The van der Waals surface area contributed by atoms with Crippen LogP contribution in [0.2, 0.25) is 0 Å². The van der Waals surface area contributed by atoms with E-state index in [0.29, 0.717) is 11.6 Å². The molecule has 0 saturated heterocycles. The van der Waals surface area contributed by atoms with E-state index in [-0.39, 0.29) is 17.9 Å². The maximum absolute atomic E-state index is 12.1. The van der Waals surface area contributed by atoms with Crippen LogP contribution in [0.1, 0.15) is 16.1 Å². The fourth-order valence-corrected chi connectivity index (χ4v) is 2.54. The number of hydrogen-bond acceptors (Lipinski definition) is 6. The van der Waals surface area contributed by atoms with Crippen molar-refractivity contribution in [2.75, 3.05) is 0 Å². The fraction of sp³-hybridized carbons (Fsp3) is 0.125. The van der Waals surface area contributed by atoms with Crippen LogP contribution >= 0.6 is 11.3 Å². The van der Waals surface area contributed by atoms with Crippen LogP contribution in [-0.2, 0) is 11.3 Å². The first-order valence-electron chi connectivity index (χ1n) is 6.82. The van der Waals surface area contributed by atoms with Gasteiger partial charge in [-0.2, -0.15) is 8.78 Å². The zero-order chi connectivity index (χ0) is 16.9. The number of esters is 1. The number of hydrogen-bond donors (Lipinski definition) is 0. The Kier molecular flexibility index (Phi) is 4.85. The Morgan fingerprint density at radius 2 is 2.04 bits per heavy atom. The van der Waals surface area contributed by atoms with Gasteiger partial charge in [-0.15, -0.1) is 11.3 Å². The first kappa shape index (κ1) is 16.1. The lowest BCUT2D eigenvalue weighted by Crippen LogP contribution is -2.06. The molecule has 0 atom stereocenters. The van der Waals surface area contributed by atoms with Crippen LogP contribution in [0.15, 0.2) is 52.5 Å². The van der Waals surface area contributed by atoms with Crippen LogP contribution in [0.4, 0.5) is 8.78 Å². The fourth-order valence-electron chi connectivity index (χ4n) is 1.88. The predicted molar refractivity (Wildman–Crippen MR) is 82.0 cm³/mol. The summed E-state index contributed by atoms with van der Waals surface area (Å²) in [6.07, 6.45) is 1.42. The van der Waals surface area contributed by atoms with Gasteiger partial charge in [0.25, 0.3) is 0 Å². The maximum atomic E-state index is 12.1. The number of benzene rings is 1. The number of ether oxygens (including phenoxy) is 2. The van der Waals surface area contributed by atoms with Gasteiger partial charge in [-0.1, -0.05) is 6.07 Å². The van der Waals surface area contributed by atoms with Crippen molar-refractivity contribution in [2.24, 2.45) is 0 Å². The quantitative estimate of drug-likeness (QED) is 0.618. The molecule has 124 valence electrons. The number of nitrogens with zero attached hydrogens (tertiary/aromatic N) is 1. The van der Waals surface area contributed by atoms with Gasteiger partial charge in [0.1, 0.15) is 24.3 Å². The van der Waals surface area contributed by atoms with Crippen molar-refractivity contribution in [3.63, 3.8) is 0 Å². The molecule has 0 spiro atoms. The topological polar surface area (TPSA) is 61.6 Å². The second-order valence-corrected chi connectivity index (χ2v) is 5.55. The summed E-state index contributed by atoms with van der Waals surface area (Å²) in [7, 11) is 0. The second kappa shape index (κ2) is 7.22. The van der Waals surface area contributed by atoms with Gasteiger partial charge in [-0.05, 0) is 35.7 Å². The first-order chi connectivity index (χ1) is 11.6. The van der Waals surface area contributed by atoms with Crippen LogP contribution in [0, 0.1) is 0 Å². The lowest BCUT2D eigenvalue weighted by molar-refractivity contribution is -0.0498. The summed E-state index contributed by atoms with van der Waals surface area (Å²) in [5.74, 6) is -0.164. The molecule has 2 heterocycles. The standard InChI is InChI=1S/C16H11F2NO4S/c17-16(18)23-12-5-3-10(4-6-12)15(20)22-9-11-8-21-14(19-11)13-2-1-7-24-13/h1-8,16H,9H2. The van der Waals surface area contributed by atoms with E-state index >= 15 is 0 Å². The Hall–Kier alpha value is -2.74. The molecule has 0 aliphatic carbocycles. The zero-order valence-electron chi connectivity index (χ0n) is 12.1. The summed E-state index contributed by atoms with van der Waals surface area (Å²) in [6, 6.07) is 8.99. The zero-order valence-corrected chi connectivity index (χ0v) is 13.0. The molecule has 1 aromatic carbocycles. The van der Waals surface area contributed by atoms with Crippen LogP contribution in [0.25, 0.3) is 10.8 Å². The Balaban J connectivity index is 1.57. The molecule has 24 heavy (non-hydrogen) atoms. The van der Waals surface area contributed by atoms with Gasteiger partial charge in [-0.3, -0.25) is 0 Å². The van der Waals surface area contributed by atoms with Crippen molar-refractivity contribution in [3.8, 4) is 16.5 Å². The number of rotatable bonds is 6. The van der Waals surface area contributed by atoms with E-state index in [1.54, 1.807) is 0 Å². The van der Waals surface area contributed by atoms with Crippen molar-refractivity contribution in [3.05, 3.63) is 59.3 Å². The van der Waals surface area contributed by atoms with Crippen LogP contribution in [-0.4, -0.2) is 17.6 Å². The van der Waals surface area contributed by atoms with Gasteiger partial charge in [0.05, 0.1) is 10.4 Å². The molecule has 0 N–H and O–H groups in total. The van der Waals surface area contributed by atoms with E-state index in [1.165, 1.54) is 41.9 Å². The summed E-state index contributed by atoms with van der Waals surface area (Å²) >= 11 is 1.49. The number of carbonyl (C=O) groups is 1. The van der Waals surface area contributed by atoms with E-state index in [9.17, 15) is 13.6 Å². The molecular formula is C16H11F2NO4S. The molecular weight excluding hydrogens is 340 g/mol. The van der Waals surface area contributed by atoms with Crippen molar-refractivity contribution < 1.29 is 27.5 Å². The highest BCUT2D eigenvalue weighted by Gasteiger charge is 2.12. The van der Waals surface area contributed by atoms with Crippen LogP contribution < -0.4 is 4.74 Å². The summed E-state index contributed by atoms with van der Waals surface area (Å²) < 4.78 is 38.8. The number of halogens is 2. The number of thiophene rings is 1. The molecule has 0 saturated carbocycles. The lowest BCUT2D eigenvalue weighted by atomic mass is 10.2. The monoisotopic (exact) mass is 351 g/mol. The van der Waals surface area contributed by atoms with E-state index < -0.39 is 12.6 Å². The molecule has 3 rings (SSSR count). The van der Waals surface area contributed by atoms with Gasteiger partial charge in [-0.25, -0.2) is 9.78 Å². The highest BCUT2D eigenvalue weighted by atomic mass is 32.1. The minimum atomic E-state index is -2.91. The van der Waals surface area contributed by atoms with Crippen LogP contribution in [0.5, 0.6) is 5.75 Å². The number of aromatic nitrogens is 1. The summed E-state index contributed by atoms with van der Waals surface area (Å²) in [5.41, 5.74) is 0.697. The number of carbonyl (C=O) groups excluding carboxylic acids is 1. The SMILES string of the molecule is O=C(OCc1coc(-c2cccs2)n1)c1ccc(OC(F)F)cc1. The average molecular weight is 351 g/mol. The van der Waals surface area contributed by atoms with Crippen LogP contribution in [0.3, 0.4) is 0 Å². The third kappa shape index (κ3) is 3.96. The van der Waals surface area contributed by atoms with Gasteiger partial charge < -0.3 is 13.9 Å². The van der Waals surface area contributed by atoms with Gasteiger partial charge in [0.15, 0.2) is 0 Å². The van der Waals surface area contributed by atoms with Crippen molar-refractivity contribution >= 4 is 17.3 Å². The molecule has 5 nitrogen and oxygen atoms in total. The second-order valence-electron chi connectivity index (χ2n) is 4.60. The molecule has 3 aromatic rings. The highest BCUT2D eigenvalue weighted by Crippen LogP contribution is 2.24. The Bertz CT molecular complexity index is 800. The highest BCUT2D eigenvalue weighted by molar-refractivity contribution is 7.13. The maximum Gasteiger partial charge on any atom is 0.387 e. The normalized spacial score (nSPS) is 10.8. The van der Waals surface area contributed by atoms with E-state index in [2.05, 4.69) is 9.72 Å². The minimum Gasteiger partial charge on any atom is -0.455 e. The number of alkyl halides is 2. The Labute approximate surface area is 139 Å². The molecule has 2 aromatic heterocycles. The first-order valence-corrected chi connectivity index (χ1v) is 7.70. The van der Waals surface area contributed by atoms with Gasteiger partial charge >= 0.3 is 12.6 Å². The molecule has 0 radical (unpaired) electrons. The molecule has 0 aliphatic heterocycles. The lowest BCUT2D eigenvalue weighted by Gasteiger charge is -2.05. The van der Waals surface area contributed by atoms with E-state index in [0.717, 1.165) is 4.88 Å². The van der Waals surface area contributed by atoms with E-state index in [4.69, 9.17) is 9.15 Å². The Morgan fingerprint density at radius 3 is 2.71 bits per heavy atom. The third-order valence-corrected chi connectivity index (χ3v) is 3.81. The van der Waals surface area contributed by atoms with Gasteiger partial charge in [0, 0.05) is 0 Å². The average Bonchev–Trinajstić information content (AvgIpc) is 3.24. The molecule has 0 amide bonds. The molecule has 8 heteroatoms. The Morgan fingerprint density at radius 1 is 1.25 bits per heavy atom. The summed E-state index contributed by atoms with van der Waals surface area (Å²) in [4.78, 5) is 17.0. The van der Waals surface area contributed by atoms with Crippen molar-refractivity contribution in [1.29, 1.82) is 0 Å². The summed E-state index contributed by atoms with van der Waals surface area (Å²) in [5, 5.41) is 1.90. The van der Waals surface area contributed by atoms with Crippen molar-refractivity contribution in [1.82, 2.24) is 4.98 Å². The largest absolute Gasteiger partial charge is 0.455 e. The molecule has 0 fully saturated rings. The third-order valence-electron chi connectivity index (χ3n) is 2.95. The van der Waals surface area contributed by atoms with Gasteiger partial charge in [0.2, 0.25) is 5.89 Å². The number of oxazole rings is 1. The van der Waals surface area contributed by atoms with E-state index in [1.807, 2.05) is 17.5 Å². The smallest absolute Gasteiger partial charge is 0.387 e. The van der Waals surface area contributed by atoms with Crippen molar-refractivity contribution in [2.45, 2.75) is 13.2 Å².